The van der Waals surface area contributed by atoms with E-state index in [-0.39, 0.29) is 23.8 Å². The van der Waals surface area contributed by atoms with E-state index in [1.54, 1.807) is 0 Å². The Bertz CT molecular complexity index is 852. The van der Waals surface area contributed by atoms with E-state index < -0.39 is 0 Å². The van der Waals surface area contributed by atoms with Gasteiger partial charge in [-0.1, -0.05) is 45.0 Å². The Morgan fingerprint density at radius 2 is 1.63 bits per heavy atom. The van der Waals surface area contributed by atoms with Crippen LogP contribution in [0.25, 0.3) is 0 Å². The molecule has 0 radical (unpaired) electrons. The Hall–Kier alpha value is -2.47. The molecule has 3 rings (SSSR count). The van der Waals surface area contributed by atoms with Crippen molar-refractivity contribution < 1.29 is 14.3 Å². The fraction of sp³-hybridized carbons (Fsp3) is 0.417. The second kappa shape index (κ2) is 10.0. The van der Waals surface area contributed by atoms with E-state index in [9.17, 15) is 9.59 Å². The largest absolute Gasteiger partial charge is 0.484 e. The number of hydrogen-bond donors (Lipinski definition) is 1. The SMILES string of the molecule is CC(C)(C)c1ccc(OCC(=O)Nc2ccc(CC(=O)N3CCSCC3)cc2)cc1. The zero-order valence-corrected chi connectivity index (χ0v) is 18.8. The van der Waals surface area contributed by atoms with Gasteiger partial charge in [-0.3, -0.25) is 9.59 Å². The fourth-order valence-corrected chi connectivity index (χ4v) is 4.11. The van der Waals surface area contributed by atoms with E-state index in [2.05, 4.69) is 26.1 Å². The number of carbonyl (C=O) groups excluding carboxylic acids is 2. The van der Waals surface area contributed by atoms with Crippen molar-refractivity contribution in [1.82, 2.24) is 4.90 Å². The van der Waals surface area contributed by atoms with Crippen molar-refractivity contribution in [1.29, 1.82) is 0 Å². The summed E-state index contributed by atoms with van der Waals surface area (Å²) in [5, 5.41) is 2.83. The number of hydrogen-bond acceptors (Lipinski definition) is 4. The second-order valence-corrected chi connectivity index (χ2v) is 9.70. The summed E-state index contributed by atoms with van der Waals surface area (Å²) in [6.07, 6.45) is 0.395. The smallest absolute Gasteiger partial charge is 0.262 e. The van der Waals surface area contributed by atoms with Gasteiger partial charge in [-0.25, -0.2) is 0 Å². The van der Waals surface area contributed by atoms with Gasteiger partial charge in [-0.15, -0.1) is 0 Å². The molecule has 2 aromatic carbocycles. The van der Waals surface area contributed by atoms with Gasteiger partial charge < -0.3 is 15.0 Å². The first kappa shape index (κ1) is 22.2. The molecule has 2 aromatic rings. The normalized spacial score (nSPS) is 14.3. The zero-order chi connectivity index (χ0) is 21.6. The van der Waals surface area contributed by atoms with Gasteiger partial charge in [0.25, 0.3) is 5.91 Å². The lowest BCUT2D eigenvalue weighted by molar-refractivity contribution is -0.130. The maximum Gasteiger partial charge on any atom is 0.262 e. The van der Waals surface area contributed by atoms with Crippen LogP contribution in [0, 0.1) is 0 Å². The van der Waals surface area contributed by atoms with E-state index in [0.29, 0.717) is 17.9 Å². The number of benzene rings is 2. The monoisotopic (exact) mass is 426 g/mol. The Kier molecular flexibility index (Phi) is 7.43. The lowest BCUT2D eigenvalue weighted by atomic mass is 9.87. The minimum absolute atomic E-state index is 0.0535. The van der Waals surface area contributed by atoms with Crippen LogP contribution < -0.4 is 10.1 Å². The molecule has 30 heavy (non-hydrogen) atoms. The first-order valence-electron chi connectivity index (χ1n) is 10.3. The first-order chi connectivity index (χ1) is 14.3. The Morgan fingerprint density at radius 3 is 2.23 bits per heavy atom. The van der Waals surface area contributed by atoms with Crippen molar-refractivity contribution in [2.45, 2.75) is 32.6 Å². The Labute approximate surface area is 183 Å². The van der Waals surface area contributed by atoms with Crippen LogP contribution in [-0.2, 0) is 21.4 Å². The lowest BCUT2D eigenvalue weighted by Crippen LogP contribution is -2.38. The summed E-state index contributed by atoms with van der Waals surface area (Å²) in [7, 11) is 0. The summed E-state index contributed by atoms with van der Waals surface area (Å²) >= 11 is 1.89. The van der Waals surface area contributed by atoms with Crippen LogP contribution in [0.2, 0.25) is 0 Å². The van der Waals surface area contributed by atoms with E-state index in [4.69, 9.17) is 4.74 Å². The third-order valence-electron chi connectivity index (χ3n) is 5.05. The zero-order valence-electron chi connectivity index (χ0n) is 17.9. The van der Waals surface area contributed by atoms with Crippen molar-refractivity contribution in [2.75, 3.05) is 36.5 Å². The van der Waals surface area contributed by atoms with Crippen LogP contribution in [0.3, 0.4) is 0 Å². The minimum Gasteiger partial charge on any atom is -0.484 e. The Balaban J connectivity index is 1.45. The third kappa shape index (κ3) is 6.52. The molecule has 0 bridgehead atoms. The number of thioether (sulfide) groups is 1. The van der Waals surface area contributed by atoms with Crippen LogP contribution in [0.5, 0.6) is 5.75 Å². The van der Waals surface area contributed by atoms with Gasteiger partial charge in [0.2, 0.25) is 5.91 Å². The van der Waals surface area contributed by atoms with E-state index in [0.717, 1.165) is 30.2 Å². The third-order valence-corrected chi connectivity index (χ3v) is 5.99. The highest BCUT2D eigenvalue weighted by atomic mass is 32.2. The molecule has 0 atom stereocenters. The number of amides is 2. The van der Waals surface area contributed by atoms with Crippen LogP contribution in [0.4, 0.5) is 5.69 Å². The van der Waals surface area contributed by atoms with Crippen molar-refractivity contribution in [3.8, 4) is 5.75 Å². The number of nitrogens with one attached hydrogen (secondary N) is 1. The van der Waals surface area contributed by atoms with Gasteiger partial charge in [-0.2, -0.15) is 11.8 Å². The van der Waals surface area contributed by atoms with E-state index >= 15 is 0 Å². The summed E-state index contributed by atoms with van der Waals surface area (Å²) in [5.41, 5.74) is 2.94. The van der Waals surface area contributed by atoms with Crippen molar-refractivity contribution in [3.63, 3.8) is 0 Å². The highest BCUT2D eigenvalue weighted by Gasteiger charge is 2.17. The molecular weight excluding hydrogens is 396 g/mol. The highest BCUT2D eigenvalue weighted by molar-refractivity contribution is 7.99. The molecule has 1 aliphatic heterocycles. The molecule has 0 spiro atoms. The lowest BCUT2D eigenvalue weighted by Gasteiger charge is -2.26. The van der Waals surface area contributed by atoms with Gasteiger partial charge in [0.15, 0.2) is 6.61 Å². The first-order valence-corrected chi connectivity index (χ1v) is 11.4. The molecule has 1 saturated heterocycles. The van der Waals surface area contributed by atoms with Gasteiger partial charge in [0, 0.05) is 30.3 Å². The second-order valence-electron chi connectivity index (χ2n) is 8.48. The van der Waals surface area contributed by atoms with Gasteiger partial charge in [0.05, 0.1) is 6.42 Å². The van der Waals surface area contributed by atoms with Crippen LogP contribution in [0.15, 0.2) is 48.5 Å². The van der Waals surface area contributed by atoms with Gasteiger partial charge in [0.1, 0.15) is 5.75 Å². The van der Waals surface area contributed by atoms with Crippen molar-refractivity contribution >= 4 is 29.3 Å². The predicted molar refractivity (Wildman–Crippen MR) is 123 cm³/mol. The molecule has 6 heteroatoms. The maximum absolute atomic E-state index is 12.4. The predicted octanol–water partition coefficient (Wildman–Crippen LogP) is 4.12. The molecule has 0 unspecified atom stereocenters. The number of carbonyl (C=O) groups is 2. The molecule has 1 N–H and O–H groups in total. The summed E-state index contributed by atoms with van der Waals surface area (Å²) in [6, 6.07) is 15.2. The maximum atomic E-state index is 12.4. The van der Waals surface area contributed by atoms with Crippen LogP contribution in [-0.4, -0.2) is 47.9 Å². The summed E-state index contributed by atoms with van der Waals surface area (Å²) < 4.78 is 5.59. The molecule has 1 aliphatic rings. The van der Waals surface area contributed by atoms with Gasteiger partial charge >= 0.3 is 0 Å². The molecule has 5 nitrogen and oxygen atoms in total. The molecule has 2 amide bonds. The highest BCUT2D eigenvalue weighted by Crippen LogP contribution is 2.24. The molecule has 1 heterocycles. The average Bonchev–Trinajstić information content (AvgIpc) is 2.74. The average molecular weight is 427 g/mol. The number of rotatable bonds is 6. The summed E-state index contributed by atoms with van der Waals surface area (Å²) in [5.74, 6) is 2.64. The van der Waals surface area contributed by atoms with Crippen LogP contribution >= 0.6 is 11.8 Å². The van der Waals surface area contributed by atoms with Crippen LogP contribution in [0.1, 0.15) is 31.9 Å². The molecule has 0 aromatic heterocycles. The quantitative estimate of drug-likeness (QED) is 0.755. The summed E-state index contributed by atoms with van der Waals surface area (Å²) in [6.45, 7) is 8.08. The molecular formula is C24H30N2O3S. The number of ether oxygens (including phenoxy) is 1. The van der Waals surface area contributed by atoms with E-state index in [1.165, 1.54) is 5.56 Å². The molecule has 160 valence electrons. The molecule has 0 saturated carbocycles. The molecule has 0 aliphatic carbocycles. The van der Waals surface area contributed by atoms with Crippen molar-refractivity contribution in [3.05, 3.63) is 59.7 Å². The van der Waals surface area contributed by atoms with Gasteiger partial charge in [-0.05, 0) is 40.8 Å². The molecule has 1 fully saturated rings. The number of nitrogens with zero attached hydrogens (tertiary/aromatic N) is 1. The topological polar surface area (TPSA) is 58.6 Å². The Morgan fingerprint density at radius 1 is 1.00 bits per heavy atom. The standard InChI is InChI=1S/C24H30N2O3S/c1-24(2,3)19-6-10-21(11-7-19)29-17-22(27)25-20-8-4-18(5-9-20)16-23(28)26-12-14-30-15-13-26/h4-11H,12-17H2,1-3H3,(H,25,27). The van der Waals surface area contributed by atoms with Crippen molar-refractivity contribution in [2.24, 2.45) is 0 Å². The minimum atomic E-state index is -0.218. The van der Waals surface area contributed by atoms with E-state index in [1.807, 2.05) is 65.2 Å². The fourth-order valence-electron chi connectivity index (χ4n) is 3.20. The number of anilines is 1. The summed E-state index contributed by atoms with van der Waals surface area (Å²) in [4.78, 5) is 26.5.